The number of nitrogens with one attached hydrogen (secondary N) is 3. The standard InChI is InChI=1S/C20H21N3O5/c24-16-3-1-2-13(10-16)17(11-18(25)26)23-19(27)12-4-6-14(7-5-12)21-20(28)22-15-8-9-15/h1-7,10,15,17,24H,8-9,11H2,(H,23,27)(H,25,26)(H2,21,22,28)/t17-/m1/s1. The van der Waals surface area contributed by atoms with Gasteiger partial charge in [-0.2, -0.15) is 0 Å². The van der Waals surface area contributed by atoms with Crippen LogP contribution in [0.1, 0.15) is 41.2 Å². The second-order valence-electron chi connectivity index (χ2n) is 6.67. The summed E-state index contributed by atoms with van der Waals surface area (Å²) in [5.41, 5.74) is 1.36. The van der Waals surface area contributed by atoms with Gasteiger partial charge in [-0.3, -0.25) is 9.59 Å². The minimum Gasteiger partial charge on any atom is -0.508 e. The van der Waals surface area contributed by atoms with Crippen molar-refractivity contribution in [1.82, 2.24) is 10.6 Å². The lowest BCUT2D eigenvalue weighted by atomic mass is 10.0. The van der Waals surface area contributed by atoms with Crippen LogP contribution in [0.3, 0.4) is 0 Å². The van der Waals surface area contributed by atoms with Gasteiger partial charge in [-0.05, 0) is 54.8 Å². The van der Waals surface area contributed by atoms with Crippen LogP contribution in [0.25, 0.3) is 0 Å². The van der Waals surface area contributed by atoms with E-state index in [-0.39, 0.29) is 24.2 Å². The Balaban J connectivity index is 1.65. The van der Waals surface area contributed by atoms with Crippen LogP contribution in [0.4, 0.5) is 10.5 Å². The van der Waals surface area contributed by atoms with Crippen LogP contribution >= 0.6 is 0 Å². The quantitative estimate of drug-likeness (QED) is 0.502. The van der Waals surface area contributed by atoms with Crippen molar-refractivity contribution in [2.24, 2.45) is 0 Å². The Kier molecular flexibility index (Phi) is 5.78. The normalized spacial score (nSPS) is 14.0. The number of aliphatic carboxylic acids is 1. The van der Waals surface area contributed by atoms with Gasteiger partial charge < -0.3 is 26.2 Å². The SMILES string of the molecule is O=C(O)C[C@@H](NC(=O)c1ccc(NC(=O)NC2CC2)cc1)c1cccc(O)c1. The van der Waals surface area contributed by atoms with Crippen molar-refractivity contribution >= 4 is 23.6 Å². The van der Waals surface area contributed by atoms with E-state index < -0.39 is 17.9 Å². The Bertz CT molecular complexity index is 878. The molecule has 0 aliphatic heterocycles. The van der Waals surface area contributed by atoms with Crippen molar-refractivity contribution in [3.63, 3.8) is 0 Å². The zero-order chi connectivity index (χ0) is 20.1. The lowest BCUT2D eigenvalue weighted by Gasteiger charge is -2.18. The predicted molar refractivity (Wildman–Crippen MR) is 102 cm³/mol. The summed E-state index contributed by atoms with van der Waals surface area (Å²) in [5.74, 6) is -1.54. The molecule has 1 atom stereocenters. The van der Waals surface area contributed by atoms with Gasteiger partial charge in [0.25, 0.3) is 5.91 Å². The van der Waals surface area contributed by atoms with Gasteiger partial charge >= 0.3 is 12.0 Å². The Morgan fingerprint density at radius 1 is 1.07 bits per heavy atom. The molecule has 0 heterocycles. The van der Waals surface area contributed by atoms with Crippen molar-refractivity contribution in [2.45, 2.75) is 31.3 Å². The molecule has 2 aromatic rings. The average molecular weight is 383 g/mol. The number of phenolic OH excluding ortho intramolecular Hbond substituents is 1. The van der Waals surface area contributed by atoms with E-state index in [9.17, 15) is 19.5 Å². The summed E-state index contributed by atoms with van der Waals surface area (Å²) in [5, 5.41) is 26.9. The van der Waals surface area contributed by atoms with Crippen LogP contribution in [-0.2, 0) is 4.79 Å². The second-order valence-corrected chi connectivity index (χ2v) is 6.67. The Morgan fingerprint density at radius 3 is 2.39 bits per heavy atom. The third-order valence-electron chi connectivity index (χ3n) is 4.27. The lowest BCUT2D eigenvalue weighted by molar-refractivity contribution is -0.137. The summed E-state index contributed by atoms with van der Waals surface area (Å²) in [4.78, 5) is 35.4. The molecule has 1 aliphatic rings. The zero-order valence-electron chi connectivity index (χ0n) is 15.0. The Hall–Kier alpha value is -3.55. The molecule has 0 saturated heterocycles. The number of carboxylic acid groups (broad SMARTS) is 1. The monoisotopic (exact) mass is 383 g/mol. The number of carbonyl (C=O) groups excluding carboxylic acids is 2. The molecule has 146 valence electrons. The van der Waals surface area contributed by atoms with Gasteiger partial charge in [0, 0.05) is 17.3 Å². The molecule has 1 fully saturated rings. The molecule has 3 amide bonds. The van der Waals surface area contributed by atoms with Crippen LogP contribution in [0, 0.1) is 0 Å². The summed E-state index contributed by atoms with van der Waals surface area (Å²) in [6, 6.07) is 11.6. The summed E-state index contributed by atoms with van der Waals surface area (Å²) >= 11 is 0. The van der Waals surface area contributed by atoms with Crippen molar-refractivity contribution in [3.05, 3.63) is 59.7 Å². The van der Waals surface area contributed by atoms with Gasteiger partial charge in [0.15, 0.2) is 0 Å². The number of urea groups is 1. The molecule has 2 aromatic carbocycles. The molecule has 3 rings (SSSR count). The highest BCUT2D eigenvalue weighted by atomic mass is 16.4. The molecule has 8 heteroatoms. The first-order chi connectivity index (χ1) is 13.4. The van der Waals surface area contributed by atoms with Gasteiger partial charge in [0.05, 0.1) is 12.5 Å². The van der Waals surface area contributed by atoms with Gasteiger partial charge in [-0.15, -0.1) is 0 Å². The zero-order valence-corrected chi connectivity index (χ0v) is 15.0. The molecule has 1 saturated carbocycles. The fourth-order valence-electron chi connectivity index (χ4n) is 2.70. The maximum atomic E-state index is 12.5. The van der Waals surface area contributed by atoms with Crippen molar-refractivity contribution < 1.29 is 24.6 Å². The molecular weight excluding hydrogens is 362 g/mol. The number of anilines is 1. The fourth-order valence-corrected chi connectivity index (χ4v) is 2.70. The summed E-state index contributed by atoms with van der Waals surface area (Å²) < 4.78 is 0. The van der Waals surface area contributed by atoms with Gasteiger partial charge in [0.1, 0.15) is 5.75 Å². The lowest BCUT2D eigenvalue weighted by Crippen LogP contribution is -2.31. The first kappa shape index (κ1) is 19.2. The molecule has 0 spiro atoms. The van der Waals surface area contributed by atoms with Gasteiger partial charge in [-0.25, -0.2) is 4.79 Å². The second kappa shape index (κ2) is 8.43. The number of aromatic hydroxyl groups is 1. The molecule has 5 N–H and O–H groups in total. The van der Waals surface area contributed by atoms with Crippen LogP contribution < -0.4 is 16.0 Å². The number of rotatable bonds is 7. The van der Waals surface area contributed by atoms with Crippen LogP contribution in [0.2, 0.25) is 0 Å². The van der Waals surface area contributed by atoms with E-state index >= 15 is 0 Å². The Morgan fingerprint density at radius 2 is 1.79 bits per heavy atom. The number of benzene rings is 2. The number of hydrogen-bond donors (Lipinski definition) is 5. The van der Waals surface area contributed by atoms with E-state index in [2.05, 4.69) is 16.0 Å². The van der Waals surface area contributed by atoms with E-state index in [1.807, 2.05) is 0 Å². The van der Waals surface area contributed by atoms with Crippen molar-refractivity contribution in [3.8, 4) is 5.75 Å². The largest absolute Gasteiger partial charge is 0.508 e. The van der Waals surface area contributed by atoms with Crippen molar-refractivity contribution in [1.29, 1.82) is 0 Å². The summed E-state index contributed by atoms with van der Waals surface area (Å²) in [6.45, 7) is 0. The molecule has 0 bridgehead atoms. The highest BCUT2D eigenvalue weighted by molar-refractivity contribution is 5.96. The fraction of sp³-hybridized carbons (Fsp3) is 0.250. The topological polar surface area (TPSA) is 128 Å². The highest BCUT2D eigenvalue weighted by Crippen LogP contribution is 2.22. The number of carboxylic acids is 1. The number of amides is 3. The third-order valence-corrected chi connectivity index (χ3v) is 4.27. The maximum Gasteiger partial charge on any atom is 0.319 e. The van der Waals surface area contributed by atoms with Crippen LogP contribution in [-0.4, -0.2) is 34.2 Å². The first-order valence-electron chi connectivity index (χ1n) is 8.90. The highest BCUT2D eigenvalue weighted by Gasteiger charge is 2.23. The molecule has 28 heavy (non-hydrogen) atoms. The average Bonchev–Trinajstić information content (AvgIpc) is 3.45. The maximum absolute atomic E-state index is 12.5. The van der Waals surface area contributed by atoms with Crippen LogP contribution in [0.15, 0.2) is 48.5 Å². The number of carbonyl (C=O) groups is 3. The smallest absolute Gasteiger partial charge is 0.319 e. The van der Waals surface area contributed by atoms with E-state index in [4.69, 9.17) is 5.11 Å². The number of hydrogen-bond acceptors (Lipinski definition) is 4. The van der Waals surface area contributed by atoms with E-state index in [1.165, 1.54) is 12.1 Å². The first-order valence-corrected chi connectivity index (χ1v) is 8.90. The number of phenols is 1. The third kappa shape index (κ3) is 5.47. The minimum atomic E-state index is -1.07. The minimum absolute atomic E-state index is 0.0120. The van der Waals surface area contributed by atoms with Crippen molar-refractivity contribution in [2.75, 3.05) is 5.32 Å². The molecular formula is C20H21N3O5. The summed E-state index contributed by atoms with van der Waals surface area (Å²) in [6.07, 6.45) is 1.66. The molecule has 1 aliphatic carbocycles. The van der Waals surface area contributed by atoms with Gasteiger partial charge in [-0.1, -0.05) is 12.1 Å². The molecule has 0 aromatic heterocycles. The summed E-state index contributed by atoms with van der Waals surface area (Å²) in [7, 11) is 0. The molecule has 8 nitrogen and oxygen atoms in total. The molecule has 0 unspecified atom stereocenters. The Labute approximate surface area is 161 Å². The van der Waals surface area contributed by atoms with E-state index in [0.29, 0.717) is 16.8 Å². The van der Waals surface area contributed by atoms with E-state index in [1.54, 1.807) is 36.4 Å². The van der Waals surface area contributed by atoms with Crippen LogP contribution in [0.5, 0.6) is 5.75 Å². The molecule has 0 radical (unpaired) electrons. The van der Waals surface area contributed by atoms with E-state index in [0.717, 1.165) is 12.8 Å². The van der Waals surface area contributed by atoms with Gasteiger partial charge in [0.2, 0.25) is 0 Å². The predicted octanol–water partition coefficient (Wildman–Crippen LogP) is 2.62.